The maximum absolute atomic E-state index is 13.8. The van der Waals surface area contributed by atoms with Gasteiger partial charge in [0, 0.05) is 35.3 Å². The van der Waals surface area contributed by atoms with Crippen molar-refractivity contribution in [1.29, 1.82) is 0 Å². The van der Waals surface area contributed by atoms with Gasteiger partial charge in [0.2, 0.25) is 0 Å². The van der Waals surface area contributed by atoms with Gasteiger partial charge in [0.15, 0.2) is 0 Å². The molecule has 3 heterocycles. The number of nitrogens with zero attached hydrogens (tertiary/aromatic N) is 4. The van der Waals surface area contributed by atoms with Crippen molar-refractivity contribution >= 4 is 38.9 Å². The molecule has 2 aromatic heterocycles. The third-order valence-electron chi connectivity index (χ3n) is 6.23. The fraction of sp³-hybridized carbons (Fsp3) is 0.111. The topological polar surface area (TPSA) is 32.3 Å². The number of rotatable bonds is 2. The van der Waals surface area contributed by atoms with Crippen molar-refractivity contribution < 1.29 is 4.39 Å². The van der Waals surface area contributed by atoms with Gasteiger partial charge in [-0.15, -0.1) is 0 Å². The maximum Gasteiger partial charge on any atom is 0.123 e. The minimum absolute atomic E-state index is 0.218. The van der Waals surface area contributed by atoms with Gasteiger partial charge >= 0.3 is 0 Å². The second-order valence-electron chi connectivity index (χ2n) is 8.34. The molecule has 4 nitrogen and oxygen atoms in total. The summed E-state index contributed by atoms with van der Waals surface area (Å²) in [4.78, 5) is 13.8. The van der Waals surface area contributed by atoms with E-state index in [4.69, 9.17) is 4.98 Å². The van der Waals surface area contributed by atoms with Crippen molar-refractivity contribution in [3.05, 3.63) is 90.5 Å². The van der Waals surface area contributed by atoms with E-state index in [0.29, 0.717) is 6.67 Å². The summed E-state index contributed by atoms with van der Waals surface area (Å²) in [7, 11) is 2.06. The van der Waals surface area contributed by atoms with Crippen LogP contribution in [0, 0.1) is 12.7 Å². The molecule has 0 saturated carbocycles. The standard InChI is InChI=1S/C27H21FN4/c1-17-11-21(28)8-10-25(17)32-16-31(2)26-15-30-24-9-7-18(13-22(24)27(26)32)20-12-19-5-3-4-6-23(19)29-14-20/h3-15H,16H2,1-2H3. The number of aromatic nitrogens is 2. The predicted octanol–water partition coefficient (Wildman–Crippen LogP) is 6.44. The summed E-state index contributed by atoms with van der Waals surface area (Å²) in [5.41, 5.74) is 8.15. The van der Waals surface area contributed by atoms with E-state index < -0.39 is 0 Å². The molecule has 0 fully saturated rings. The lowest BCUT2D eigenvalue weighted by Gasteiger charge is -2.22. The quantitative estimate of drug-likeness (QED) is 0.329. The molecule has 1 aliphatic heterocycles. The van der Waals surface area contributed by atoms with Crippen LogP contribution in [0.2, 0.25) is 0 Å². The largest absolute Gasteiger partial charge is 0.354 e. The molecular formula is C27H21FN4. The first-order valence-corrected chi connectivity index (χ1v) is 10.6. The highest BCUT2D eigenvalue weighted by Gasteiger charge is 2.28. The molecule has 0 saturated heterocycles. The van der Waals surface area contributed by atoms with Crippen LogP contribution in [0.4, 0.5) is 21.5 Å². The van der Waals surface area contributed by atoms with E-state index >= 15 is 0 Å². The molecule has 0 spiro atoms. The van der Waals surface area contributed by atoms with Gasteiger partial charge in [-0.05, 0) is 60.5 Å². The summed E-state index contributed by atoms with van der Waals surface area (Å²) in [6.45, 7) is 2.64. The Bertz CT molecular complexity index is 1510. The molecule has 5 heteroatoms. The fourth-order valence-corrected chi connectivity index (χ4v) is 4.62. The van der Waals surface area contributed by atoms with E-state index in [2.05, 4.69) is 52.2 Å². The molecular weight excluding hydrogens is 399 g/mol. The minimum Gasteiger partial charge on any atom is -0.354 e. The van der Waals surface area contributed by atoms with Crippen molar-refractivity contribution in [1.82, 2.24) is 9.97 Å². The molecule has 5 aromatic rings. The number of anilines is 3. The highest BCUT2D eigenvalue weighted by Crippen LogP contribution is 2.45. The van der Waals surface area contributed by atoms with Gasteiger partial charge in [0.1, 0.15) is 5.82 Å². The lowest BCUT2D eigenvalue weighted by molar-refractivity contribution is 0.626. The van der Waals surface area contributed by atoms with E-state index in [1.165, 1.54) is 6.07 Å². The van der Waals surface area contributed by atoms with Gasteiger partial charge in [-0.2, -0.15) is 0 Å². The number of aryl methyl sites for hydroxylation is 1. The molecule has 156 valence electrons. The summed E-state index contributed by atoms with van der Waals surface area (Å²) < 4.78 is 13.8. The van der Waals surface area contributed by atoms with Crippen LogP contribution < -0.4 is 9.80 Å². The molecule has 3 aromatic carbocycles. The number of para-hydroxylation sites is 1. The zero-order valence-electron chi connectivity index (χ0n) is 17.9. The minimum atomic E-state index is -0.218. The fourth-order valence-electron chi connectivity index (χ4n) is 4.62. The van der Waals surface area contributed by atoms with Gasteiger partial charge in [-0.3, -0.25) is 9.97 Å². The van der Waals surface area contributed by atoms with Crippen LogP contribution >= 0.6 is 0 Å². The Balaban J connectivity index is 1.55. The normalized spacial score (nSPS) is 13.2. The summed E-state index contributed by atoms with van der Waals surface area (Å²) in [5, 5.41) is 2.19. The van der Waals surface area contributed by atoms with E-state index in [0.717, 1.165) is 55.6 Å². The molecule has 0 aliphatic carbocycles. The number of pyridine rings is 2. The first-order chi connectivity index (χ1) is 15.6. The third kappa shape index (κ3) is 2.89. The average molecular weight is 420 g/mol. The zero-order valence-corrected chi connectivity index (χ0v) is 17.9. The van der Waals surface area contributed by atoms with Crippen molar-refractivity contribution in [3.63, 3.8) is 0 Å². The lowest BCUT2D eigenvalue weighted by Crippen LogP contribution is -2.24. The average Bonchev–Trinajstić information content (AvgIpc) is 3.15. The van der Waals surface area contributed by atoms with Crippen molar-refractivity contribution in [3.8, 4) is 11.1 Å². The first kappa shape index (κ1) is 18.8. The second-order valence-corrected chi connectivity index (χ2v) is 8.34. The van der Waals surface area contributed by atoms with E-state index in [1.807, 2.05) is 43.6 Å². The van der Waals surface area contributed by atoms with Crippen molar-refractivity contribution in [2.75, 3.05) is 23.5 Å². The van der Waals surface area contributed by atoms with E-state index in [-0.39, 0.29) is 5.82 Å². The Kier molecular flexibility index (Phi) is 4.12. The van der Waals surface area contributed by atoms with Crippen LogP contribution in [-0.4, -0.2) is 23.7 Å². The Hall–Kier alpha value is -3.99. The van der Waals surface area contributed by atoms with Gasteiger partial charge in [-0.1, -0.05) is 24.3 Å². The monoisotopic (exact) mass is 420 g/mol. The third-order valence-corrected chi connectivity index (χ3v) is 6.23. The highest BCUT2D eigenvalue weighted by atomic mass is 19.1. The molecule has 32 heavy (non-hydrogen) atoms. The Morgan fingerprint density at radius 2 is 1.66 bits per heavy atom. The van der Waals surface area contributed by atoms with Crippen LogP contribution in [0.25, 0.3) is 32.9 Å². The number of benzene rings is 3. The molecule has 0 atom stereocenters. The summed E-state index contributed by atoms with van der Waals surface area (Å²) in [5.74, 6) is -0.218. The van der Waals surface area contributed by atoms with Crippen LogP contribution in [-0.2, 0) is 0 Å². The number of hydrogen-bond acceptors (Lipinski definition) is 4. The van der Waals surface area contributed by atoms with E-state index in [1.54, 1.807) is 6.07 Å². The molecule has 0 N–H and O–H groups in total. The van der Waals surface area contributed by atoms with Gasteiger partial charge in [0.05, 0.1) is 35.3 Å². The predicted molar refractivity (Wildman–Crippen MR) is 129 cm³/mol. The Morgan fingerprint density at radius 1 is 0.812 bits per heavy atom. The molecule has 0 radical (unpaired) electrons. The van der Waals surface area contributed by atoms with Crippen LogP contribution in [0.15, 0.2) is 79.1 Å². The molecule has 6 rings (SSSR count). The Labute approximate surface area is 185 Å². The van der Waals surface area contributed by atoms with Crippen molar-refractivity contribution in [2.24, 2.45) is 0 Å². The summed E-state index contributed by atoms with van der Waals surface area (Å²) >= 11 is 0. The SMILES string of the molecule is Cc1cc(F)ccc1N1CN(C)c2cnc3ccc(-c4cnc5ccccc5c4)cc3c21. The highest BCUT2D eigenvalue weighted by molar-refractivity contribution is 6.04. The van der Waals surface area contributed by atoms with Crippen LogP contribution in [0.5, 0.6) is 0 Å². The van der Waals surface area contributed by atoms with Crippen molar-refractivity contribution in [2.45, 2.75) is 6.92 Å². The van der Waals surface area contributed by atoms with Gasteiger partial charge < -0.3 is 9.80 Å². The van der Waals surface area contributed by atoms with Crippen LogP contribution in [0.3, 0.4) is 0 Å². The van der Waals surface area contributed by atoms with Gasteiger partial charge in [0.25, 0.3) is 0 Å². The maximum atomic E-state index is 13.8. The number of halogens is 1. The number of fused-ring (bicyclic) bond motifs is 4. The van der Waals surface area contributed by atoms with Gasteiger partial charge in [-0.25, -0.2) is 4.39 Å². The lowest BCUT2D eigenvalue weighted by atomic mass is 10.0. The second kappa shape index (κ2) is 7.02. The Morgan fingerprint density at radius 3 is 2.53 bits per heavy atom. The number of hydrogen-bond donors (Lipinski definition) is 0. The molecule has 0 amide bonds. The summed E-state index contributed by atoms with van der Waals surface area (Å²) in [6.07, 6.45) is 3.85. The van der Waals surface area contributed by atoms with Crippen LogP contribution in [0.1, 0.15) is 5.56 Å². The first-order valence-electron chi connectivity index (χ1n) is 10.6. The summed E-state index contributed by atoms with van der Waals surface area (Å²) in [6, 6.07) is 21.6. The molecule has 0 unspecified atom stereocenters. The zero-order chi connectivity index (χ0) is 21.8. The molecule has 1 aliphatic rings. The smallest absolute Gasteiger partial charge is 0.123 e. The molecule has 0 bridgehead atoms. The van der Waals surface area contributed by atoms with E-state index in [9.17, 15) is 4.39 Å².